The molecule has 0 bridgehead atoms. The van der Waals surface area contributed by atoms with Crippen LogP contribution in [0.25, 0.3) is 0 Å². The van der Waals surface area contributed by atoms with Gasteiger partial charge in [0.25, 0.3) is 5.91 Å². The van der Waals surface area contributed by atoms with E-state index in [2.05, 4.69) is 29.1 Å². The van der Waals surface area contributed by atoms with Crippen LogP contribution in [0.4, 0.5) is 0 Å². The third-order valence-corrected chi connectivity index (χ3v) is 3.96. The molecule has 1 saturated heterocycles. The molecule has 1 aliphatic heterocycles. The molecule has 0 unspecified atom stereocenters. The van der Waals surface area contributed by atoms with Gasteiger partial charge in [0.05, 0.1) is 0 Å². The number of rotatable bonds is 4. The first kappa shape index (κ1) is 16.4. The molecule has 3 heterocycles. The van der Waals surface area contributed by atoms with Gasteiger partial charge in [0.2, 0.25) is 0 Å². The summed E-state index contributed by atoms with van der Waals surface area (Å²) in [6.45, 7) is 5.88. The Bertz CT molecular complexity index is 682. The summed E-state index contributed by atoms with van der Waals surface area (Å²) in [5.41, 5.74) is 1.37. The maximum atomic E-state index is 12.9. The Hall–Kier alpha value is -2.47. The molecule has 1 amide bonds. The Labute approximate surface area is 141 Å². The second-order valence-electron chi connectivity index (χ2n) is 6.17. The maximum Gasteiger partial charge on any atom is 0.276 e. The number of aromatic nitrogens is 2. The number of hydrogen-bond donors (Lipinski definition) is 1. The van der Waals surface area contributed by atoms with Gasteiger partial charge in [-0.15, -0.1) is 0 Å². The number of pyridine rings is 2. The summed E-state index contributed by atoms with van der Waals surface area (Å²) in [6.07, 6.45) is 5.07. The Balaban J connectivity index is 1.74. The van der Waals surface area contributed by atoms with Crippen LogP contribution < -0.4 is 10.1 Å². The zero-order valence-electron chi connectivity index (χ0n) is 14.0. The molecule has 0 spiro atoms. The number of carbonyl (C=O) groups is 1. The third kappa shape index (κ3) is 3.89. The largest absolute Gasteiger partial charge is 0.486 e. The van der Waals surface area contributed by atoms with Gasteiger partial charge in [-0.25, -0.2) is 4.98 Å². The maximum absolute atomic E-state index is 12.9. The molecule has 2 aromatic heterocycles. The van der Waals surface area contributed by atoms with E-state index in [1.54, 1.807) is 30.7 Å². The van der Waals surface area contributed by atoms with Crippen molar-refractivity contribution >= 4 is 5.91 Å². The van der Waals surface area contributed by atoms with E-state index < -0.39 is 0 Å². The fraction of sp³-hybridized carbons (Fsp3) is 0.389. The van der Waals surface area contributed by atoms with Crippen molar-refractivity contribution in [3.8, 4) is 5.75 Å². The molecule has 1 fully saturated rings. The predicted octanol–water partition coefficient (Wildman–Crippen LogP) is 1.88. The highest BCUT2D eigenvalue weighted by atomic mass is 16.5. The summed E-state index contributed by atoms with van der Waals surface area (Å²) in [6, 6.07) is 7.87. The number of amides is 1. The SMILES string of the molecule is C[C@@H]1CN(C(=O)c2ncccc2OCc2ccncc2)C[C@H](C)N1. The summed E-state index contributed by atoms with van der Waals surface area (Å²) in [5, 5.41) is 3.43. The smallest absolute Gasteiger partial charge is 0.276 e. The molecule has 24 heavy (non-hydrogen) atoms. The zero-order chi connectivity index (χ0) is 16.9. The third-order valence-electron chi connectivity index (χ3n) is 3.96. The van der Waals surface area contributed by atoms with E-state index in [9.17, 15) is 4.79 Å². The normalized spacial score (nSPS) is 20.7. The highest BCUT2D eigenvalue weighted by Crippen LogP contribution is 2.20. The molecule has 3 rings (SSSR count). The number of hydrogen-bond acceptors (Lipinski definition) is 5. The predicted molar refractivity (Wildman–Crippen MR) is 90.8 cm³/mol. The first-order valence-corrected chi connectivity index (χ1v) is 8.15. The van der Waals surface area contributed by atoms with E-state index in [1.165, 1.54) is 0 Å². The lowest BCUT2D eigenvalue weighted by Crippen LogP contribution is -2.56. The Morgan fingerprint density at radius 3 is 2.62 bits per heavy atom. The van der Waals surface area contributed by atoms with Crippen LogP contribution >= 0.6 is 0 Å². The average Bonchev–Trinajstić information content (AvgIpc) is 2.59. The van der Waals surface area contributed by atoms with Gasteiger partial charge < -0.3 is 15.0 Å². The highest BCUT2D eigenvalue weighted by molar-refractivity contribution is 5.95. The van der Waals surface area contributed by atoms with E-state index in [0.29, 0.717) is 31.1 Å². The number of nitrogens with one attached hydrogen (secondary N) is 1. The van der Waals surface area contributed by atoms with Gasteiger partial charge in [0.1, 0.15) is 6.61 Å². The summed E-state index contributed by atoms with van der Waals surface area (Å²) in [7, 11) is 0. The summed E-state index contributed by atoms with van der Waals surface area (Å²) in [4.78, 5) is 23.0. The fourth-order valence-electron chi connectivity index (χ4n) is 2.95. The van der Waals surface area contributed by atoms with Crippen molar-refractivity contribution in [1.82, 2.24) is 20.2 Å². The highest BCUT2D eigenvalue weighted by Gasteiger charge is 2.28. The van der Waals surface area contributed by atoms with Crippen molar-refractivity contribution in [3.05, 3.63) is 54.1 Å². The Kier molecular flexibility index (Phi) is 5.05. The van der Waals surface area contributed by atoms with Crippen LogP contribution in [-0.2, 0) is 6.61 Å². The lowest BCUT2D eigenvalue weighted by molar-refractivity contribution is 0.0662. The second-order valence-corrected chi connectivity index (χ2v) is 6.17. The van der Waals surface area contributed by atoms with Gasteiger partial charge in [0.15, 0.2) is 11.4 Å². The molecule has 2 aromatic rings. The summed E-state index contributed by atoms with van der Waals surface area (Å²) < 4.78 is 5.84. The minimum atomic E-state index is -0.0828. The number of piperazine rings is 1. The number of ether oxygens (including phenoxy) is 1. The number of carbonyl (C=O) groups excluding carboxylic acids is 1. The summed E-state index contributed by atoms with van der Waals surface area (Å²) in [5.74, 6) is 0.429. The molecule has 0 aliphatic carbocycles. The van der Waals surface area contributed by atoms with Crippen molar-refractivity contribution in [2.45, 2.75) is 32.5 Å². The Morgan fingerprint density at radius 1 is 1.21 bits per heavy atom. The fourth-order valence-corrected chi connectivity index (χ4v) is 2.95. The van der Waals surface area contributed by atoms with E-state index in [0.717, 1.165) is 5.56 Å². The minimum Gasteiger partial charge on any atom is -0.486 e. The molecule has 0 saturated carbocycles. The topological polar surface area (TPSA) is 67.4 Å². The van der Waals surface area contributed by atoms with Crippen LogP contribution in [-0.4, -0.2) is 45.9 Å². The molecular weight excluding hydrogens is 304 g/mol. The molecule has 0 radical (unpaired) electrons. The van der Waals surface area contributed by atoms with Gasteiger partial charge in [-0.2, -0.15) is 0 Å². The molecule has 6 heteroatoms. The molecule has 6 nitrogen and oxygen atoms in total. The van der Waals surface area contributed by atoms with Crippen LogP contribution in [0.5, 0.6) is 5.75 Å². The van der Waals surface area contributed by atoms with Crippen LogP contribution in [0.3, 0.4) is 0 Å². The standard InChI is InChI=1S/C18H22N4O2/c1-13-10-22(11-14(2)21-13)18(23)17-16(4-3-7-20-17)24-12-15-5-8-19-9-6-15/h3-9,13-14,21H,10-12H2,1-2H3/t13-,14+. The zero-order valence-corrected chi connectivity index (χ0v) is 14.0. The van der Waals surface area contributed by atoms with Crippen molar-refractivity contribution in [1.29, 1.82) is 0 Å². The average molecular weight is 326 g/mol. The quantitative estimate of drug-likeness (QED) is 0.929. The van der Waals surface area contributed by atoms with Gasteiger partial charge in [-0.05, 0) is 43.7 Å². The van der Waals surface area contributed by atoms with Gasteiger partial charge in [-0.3, -0.25) is 9.78 Å². The van der Waals surface area contributed by atoms with Gasteiger partial charge >= 0.3 is 0 Å². The monoisotopic (exact) mass is 326 g/mol. The van der Waals surface area contributed by atoms with Crippen molar-refractivity contribution in [2.24, 2.45) is 0 Å². The lowest BCUT2D eigenvalue weighted by Gasteiger charge is -2.36. The van der Waals surface area contributed by atoms with E-state index in [-0.39, 0.29) is 18.0 Å². The van der Waals surface area contributed by atoms with Crippen LogP contribution in [0.1, 0.15) is 29.9 Å². The number of nitrogens with zero attached hydrogens (tertiary/aromatic N) is 3. The van der Waals surface area contributed by atoms with Crippen LogP contribution in [0.15, 0.2) is 42.9 Å². The Morgan fingerprint density at radius 2 is 1.92 bits per heavy atom. The molecule has 1 aliphatic rings. The van der Waals surface area contributed by atoms with Crippen LogP contribution in [0.2, 0.25) is 0 Å². The van der Waals surface area contributed by atoms with Gasteiger partial charge in [-0.1, -0.05) is 0 Å². The first-order valence-electron chi connectivity index (χ1n) is 8.15. The van der Waals surface area contributed by atoms with Crippen molar-refractivity contribution < 1.29 is 9.53 Å². The summed E-state index contributed by atoms with van der Waals surface area (Å²) >= 11 is 0. The molecule has 126 valence electrons. The lowest BCUT2D eigenvalue weighted by atomic mass is 10.1. The molecule has 2 atom stereocenters. The van der Waals surface area contributed by atoms with Crippen LogP contribution in [0, 0.1) is 0 Å². The van der Waals surface area contributed by atoms with Gasteiger partial charge in [0, 0.05) is 43.8 Å². The van der Waals surface area contributed by atoms with Crippen molar-refractivity contribution in [3.63, 3.8) is 0 Å². The van der Waals surface area contributed by atoms with E-state index in [4.69, 9.17) is 4.74 Å². The molecular formula is C18H22N4O2. The van der Waals surface area contributed by atoms with E-state index in [1.807, 2.05) is 17.0 Å². The van der Waals surface area contributed by atoms with E-state index >= 15 is 0 Å². The molecule has 1 N–H and O–H groups in total. The minimum absolute atomic E-state index is 0.0828. The van der Waals surface area contributed by atoms with Crippen molar-refractivity contribution in [2.75, 3.05) is 13.1 Å². The molecule has 0 aromatic carbocycles. The second kappa shape index (κ2) is 7.40. The first-order chi connectivity index (χ1) is 11.6.